The highest BCUT2D eigenvalue weighted by Gasteiger charge is 2.19. The molecule has 0 N–H and O–H groups in total. The first-order chi connectivity index (χ1) is 9.04. The highest BCUT2D eigenvalue weighted by molar-refractivity contribution is 6.34. The Kier molecular flexibility index (Phi) is 3.97. The number of rotatable bonds is 3. The third-order valence-corrected chi connectivity index (χ3v) is 3.23. The van der Waals surface area contributed by atoms with Gasteiger partial charge in [0.15, 0.2) is 5.82 Å². The zero-order valence-electron chi connectivity index (χ0n) is 9.93. The Morgan fingerprint density at radius 2 is 1.79 bits per heavy atom. The summed E-state index contributed by atoms with van der Waals surface area (Å²) in [7, 11) is 0. The maximum absolute atomic E-state index is 11.0. The standard InChI is InChI=1S/C12H9Cl2N3O2/c1-2-7-10(13)15-12(16-11(7)14)8-5-3-4-6-9(8)17(18)19/h3-6H,2H2,1H3. The lowest BCUT2D eigenvalue weighted by Crippen LogP contribution is -1.99. The van der Waals surface area contributed by atoms with Crippen molar-refractivity contribution in [3.05, 3.63) is 50.2 Å². The van der Waals surface area contributed by atoms with Crippen molar-refractivity contribution in [3.63, 3.8) is 0 Å². The fourth-order valence-electron chi connectivity index (χ4n) is 1.67. The van der Waals surface area contributed by atoms with E-state index in [1.807, 2.05) is 6.92 Å². The predicted molar refractivity (Wildman–Crippen MR) is 73.5 cm³/mol. The van der Waals surface area contributed by atoms with Crippen LogP contribution in [0.3, 0.4) is 0 Å². The van der Waals surface area contributed by atoms with Crippen molar-refractivity contribution in [3.8, 4) is 11.4 Å². The van der Waals surface area contributed by atoms with Gasteiger partial charge in [0, 0.05) is 11.6 Å². The van der Waals surface area contributed by atoms with E-state index in [1.54, 1.807) is 18.2 Å². The van der Waals surface area contributed by atoms with E-state index in [2.05, 4.69) is 9.97 Å². The van der Waals surface area contributed by atoms with E-state index in [1.165, 1.54) is 6.07 Å². The Hall–Kier alpha value is -1.72. The Morgan fingerprint density at radius 3 is 2.32 bits per heavy atom. The molecule has 0 fully saturated rings. The lowest BCUT2D eigenvalue weighted by Gasteiger charge is -2.06. The molecule has 0 aliphatic rings. The maximum Gasteiger partial charge on any atom is 0.280 e. The summed E-state index contributed by atoms with van der Waals surface area (Å²) in [5.41, 5.74) is 0.837. The minimum atomic E-state index is -0.492. The summed E-state index contributed by atoms with van der Waals surface area (Å²) in [6.07, 6.45) is 0.592. The zero-order chi connectivity index (χ0) is 14.0. The topological polar surface area (TPSA) is 68.9 Å². The second-order valence-corrected chi connectivity index (χ2v) is 4.45. The van der Waals surface area contributed by atoms with Crippen molar-refractivity contribution in [2.45, 2.75) is 13.3 Å². The zero-order valence-corrected chi connectivity index (χ0v) is 11.4. The van der Waals surface area contributed by atoms with Gasteiger partial charge in [-0.25, -0.2) is 9.97 Å². The van der Waals surface area contributed by atoms with E-state index in [0.717, 1.165) is 0 Å². The number of nitrogens with zero attached hydrogens (tertiary/aromatic N) is 3. The quantitative estimate of drug-likeness (QED) is 0.489. The van der Waals surface area contributed by atoms with Crippen LogP contribution >= 0.6 is 23.2 Å². The smallest absolute Gasteiger partial charge is 0.258 e. The molecule has 0 aliphatic heterocycles. The van der Waals surface area contributed by atoms with Crippen LogP contribution in [0.5, 0.6) is 0 Å². The Bertz CT molecular complexity index is 624. The van der Waals surface area contributed by atoms with Gasteiger partial charge in [-0.3, -0.25) is 10.1 Å². The van der Waals surface area contributed by atoms with Crippen LogP contribution in [0.25, 0.3) is 11.4 Å². The van der Waals surface area contributed by atoms with Crippen molar-refractivity contribution < 1.29 is 4.92 Å². The lowest BCUT2D eigenvalue weighted by atomic mass is 10.1. The highest BCUT2D eigenvalue weighted by Crippen LogP contribution is 2.30. The first-order valence-corrected chi connectivity index (χ1v) is 6.26. The number of hydrogen-bond acceptors (Lipinski definition) is 4. The third kappa shape index (κ3) is 2.67. The van der Waals surface area contributed by atoms with Gasteiger partial charge in [0.2, 0.25) is 0 Å². The molecule has 7 heteroatoms. The summed E-state index contributed by atoms with van der Waals surface area (Å²) >= 11 is 12.0. The lowest BCUT2D eigenvalue weighted by molar-refractivity contribution is -0.384. The minimum absolute atomic E-state index is 0.0844. The number of halogens is 2. The average molecular weight is 298 g/mol. The summed E-state index contributed by atoms with van der Waals surface area (Å²) in [5, 5.41) is 11.4. The van der Waals surface area contributed by atoms with Gasteiger partial charge in [-0.1, -0.05) is 42.3 Å². The molecule has 0 saturated carbocycles. The van der Waals surface area contributed by atoms with Gasteiger partial charge in [-0.2, -0.15) is 0 Å². The van der Waals surface area contributed by atoms with Crippen LogP contribution in [0.1, 0.15) is 12.5 Å². The third-order valence-electron chi connectivity index (χ3n) is 2.60. The number of nitro groups is 1. The molecule has 1 aromatic carbocycles. The normalized spacial score (nSPS) is 10.5. The number of aromatic nitrogens is 2. The van der Waals surface area contributed by atoms with Gasteiger partial charge in [0.25, 0.3) is 5.69 Å². The maximum atomic E-state index is 11.0. The van der Waals surface area contributed by atoms with Crippen LogP contribution in [-0.2, 0) is 6.42 Å². The van der Waals surface area contributed by atoms with Crippen LogP contribution in [0.15, 0.2) is 24.3 Å². The molecular weight excluding hydrogens is 289 g/mol. The van der Waals surface area contributed by atoms with E-state index < -0.39 is 4.92 Å². The Morgan fingerprint density at radius 1 is 1.21 bits per heavy atom. The monoisotopic (exact) mass is 297 g/mol. The molecule has 5 nitrogen and oxygen atoms in total. The first-order valence-electron chi connectivity index (χ1n) is 5.50. The second kappa shape index (κ2) is 5.50. The summed E-state index contributed by atoms with van der Waals surface area (Å²) in [4.78, 5) is 18.6. The van der Waals surface area contributed by atoms with Crippen LogP contribution in [0.4, 0.5) is 5.69 Å². The molecule has 0 saturated heterocycles. The summed E-state index contributed by atoms with van der Waals surface area (Å²) in [5.74, 6) is 0.152. The molecule has 0 unspecified atom stereocenters. The molecule has 0 radical (unpaired) electrons. The van der Waals surface area contributed by atoms with Gasteiger partial charge < -0.3 is 0 Å². The van der Waals surface area contributed by atoms with Crippen molar-refractivity contribution in [1.29, 1.82) is 0 Å². The predicted octanol–water partition coefficient (Wildman–Crippen LogP) is 3.92. The molecule has 0 spiro atoms. The molecule has 0 bridgehead atoms. The molecule has 19 heavy (non-hydrogen) atoms. The number of benzene rings is 1. The number of nitro benzene ring substituents is 1. The molecule has 0 amide bonds. The van der Waals surface area contributed by atoms with Crippen molar-refractivity contribution in [2.75, 3.05) is 0 Å². The molecule has 98 valence electrons. The molecule has 0 aliphatic carbocycles. The molecular formula is C12H9Cl2N3O2. The van der Waals surface area contributed by atoms with Gasteiger partial charge in [-0.05, 0) is 12.5 Å². The van der Waals surface area contributed by atoms with Crippen LogP contribution in [-0.4, -0.2) is 14.9 Å². The van der Waals surface area contributed by atoms with E-state index in [0.29, 0.717) is 17.5 Å². The molecule has 2 aromatic rings. The molecule has 0 atom stereocenters. The average Bonchev–Trinajstić information content (AvgIpc) is 2.38. The van der Waals surface area contributed by atoms with Gasteiger partial charge in [-0.15, -0.1) is 0 Å². The number of hydrogen-bond donors (Lipinski definition) is 0. The largest absolute Gasteiger partial charge is 0.280 e. The molecule has 1 heterocycles. The summed E-state index contributed by atoms with van der Waals surface area (Å²) in [6, 6.07) is 6.19. The van der Waals surface area contributed by atoms with Crippen molar-refractivity contribution in [2.24, 2.45) is 0 Å². The fourth-order valence-corrected chi connectivity index (χ4v) is 2.32. The van der Waals surface area contributed by atoms with Crippen LogP contribution in [0, 0.1) is 10.1 Å². The fraction of sp³-hybridized carbons (Fsp3) is 0.167. The van der Waals surface area contributed by atoms with Gasteiger partial charge in [0.05, 0.1) is 10.5 Å². The summed E-state index contributed by atoms with van der Waals surface area (Å²) in [6.45, 7) is 1.88. The van der Waals surface area contributed by atoms with E-state index in [-0.39, 0.29) is 21.8 Å². The van der Waals surface area contributed by atoms with E-state index >= 15 is 0 Å². The molecule has 2 rings (SSSR count). The van der Waals surface area contributed by atoms with Gasteiger partial charge >= 0.3 is 0 Å². The van der Waals surface area contributed by atoms with Crippen molar-refractivity contribution >= 4 is 28.9 Å². The first kappa shape index (κ1) is 13.7. The summed E-state index contributed by atoms with van der Waals surface area (Å²) < 4.78 is 0. The molecule has 1 aromatic heterocycles. The second-order valence-electron chi connectivity index (χ2n) is 3.74. The Labute approximate surface area is 119 Å². The van der Waals surface area contributed by atoms with E-state index in [4.69, 9.17) is 23.2 Å². The minimum Gasteiger partial charge on any atom is -0.258 e. The Balaban J connectivity index is 2.63. The van der Waals surface area contributed by atoms with Crippen molar-refractivity contribution in [1.82, 2.24) is 9.97 Å². The number of para-hydroxylation sites is 1. The van der Waals surface area contributed by atoms with Crippen LogP contribution < -0.4 is 0 Å². The van der Waals surface area contributed by atoms with Gasteiger partial charge in [0.1, 0.15) is 10.3 Å². The SMILES string of the molecule is CCc1c(Cl)nc(-c2ccccc2[N+](=O)[O-])nc1Cl. The van der Waals surface area contributed by atoms with Crippen LogP contribution in [0.2, 0.25) is 10.3 Å². The van der Waals surface area contributed by atoms with E-state index in [9.17, 15) is 10.1 Å². The highest BCUT2D eigenvalue weighted by atomic mass is 35.5.